The molecular formula is C12H17NO3. The van der Waals surface area contributed by atoms with Crippen molar-refractivity contribution in [1.29, 1.82) is 0 Å². The predicted octanol–water partition coefficient (Wildman–Crippen LogP) is 1.97. The fourth-order valence-electron chi connectivity index (χ4n) is 1.21. The Kier molecular flexibility index (Phi) is 3.88. The SMILES string of the molecule is COC(=O)C(C)(C)COc1ncccc1C. The van der Waals surface area contributed by atoms with Crippen LogP contribution in [0.3, 0.4) is 0 Å². The third kappa shape index (κ3) is 2.95. The fraction of sp³-hybridized carbons (Fsp3) is 0.500. The highest BCUT2D eigenvalue weighted by Gasteiger charge is 2.30. The van der Waals surface area contributed by atoms with E-state index in [0.717, 1.165) is 5.56 Å². The molecule has 1 rings (SSSR count). The maximum absolute atomic E-state index is 11.4. The van der Waals surface area contributed by atoms with Gasteiger partial charge in [0.1, 0.15) is 6.61 Å². The van der Waals surface area contributed by atoms with E-state index in [4.69, 9.17) is 9.47 Å². The molecule has 0 bridgehead atoms. The second kappa shape index (κ2) is 4.96. The molecule has 0 N–H and O–H groups in total. The predicted molar refractivity (Wildman–Crippen MR) is 60.3 cm³/mol. The molecule has 0 fully saturated rings. The molecule has 0 amide bonds. The lowest BCUT2D eigenvalue weighted by Crippen LogP contribution is -2.32. The lowest BCUT2D eigenvalue weighted by atomic mass is 9.95. The van der Waals surface area contributed by atoms with E-state index in [-0.39, 0.29) is 12.6 Å². The third-order valence-electron chi connectivity index (χ3n) is 2.27. The maximum atomic E-state index is 11.4. The van der Waals surface area contributed by atoms with Crippen molar-refractivity contribution >= 4 is 5.97 Å². The average molecular weight is 223 g/mol. The standard InChI is InChI=1S/C12H17NO3/c1-9-6-5-7-13-10(9)16-8-12(2,3)11(14)15-4/h5-7H,8H2,1-4H3. The summed E-state index contributed by atoms with van der Waals surface area (Å²) in [7, 11) is 1.37. The first-order valence-corrected chi connectivity index (χ1v) is 5.10. The van der Waals surface area contributed by atoms with E-state index in [1.54, 1.807) is 20.0 Å². The van der Waals surface area contributed by atoms with Crippen molar-refractivity contribution in [2.75, 3.05) is 13.7 Å². The number of rotatable bonds is 4. The first kappa shape index (κ1) is 12.5. The van der Waals surface area contributed by atoms with Crippen LogP contribution in [0.5, 0.6) is 5.88 Å². The van der Waals surface area contributed by atoms with Gasteiger partial charge in [-0.2, -0.15) is 0 Å². The summed E-state index contributed by atoms with van der Waals surface area (Å²) in [5.41, 5.74) is 0.279. The first-order valence-electron chi connectivity index (χ1n) is 5.10. The molecule has 16 heavy (non-hydrogen) atoms. The smallest absolute Gasteiger partial charge is 0.314 e. The number of hydrogen-bond donors (Lipinski definition) is 0. The minimum Gasteiger partial charge on any atom is -0.476 e. The van der Waals surface area contributed by atoms with Gasteiger partial charge in [0.25, 0.3) is 0 Å². The van der Waals surface area contributed by atoms with Crippen molar-refractivity contribution < 1.29 is 14.3 Å². The van der Waals surface area contributed by atoms with Crippen LogP contribution in [0.15, 0.2) is 18.3 Å². The van der Waals surface area contributed by atoms with E-state index in [2.05, 4.69) is 4.98 Å². The molecular weight excluding hydrogens is 206 g/mol. The van der Waals surface area contributed by atoms with Crippen molar-refractivity contribution in [1.82, 2.24) is 4.98 Å². The number of carbonyl (C=O) groups excluding carboxylic acids is 1. The summed E-state index contributed by atoms with van der Waals surface area (Å²) in [5.74, 6) is 0.264. The van der Waals surface area contributed by atoms with E-state index >= 15 is 0 Å². The van der Waals surface area contributed by atoms with Gasteiger partial charge in [-0.1, -0.05) is 6.07 Å². The second-order valence-electron chi connectivity index (χ2n) is 4.29. The Labute approximate surface area is 95.6 Å². The van der Waals surface area contributed by atoms with Crippen LogP contribution < -0.4 is 4.74 Å². The van der Waals surface area contributed by atoms with Crippen molar-refractivity contribution in [2.45, 2.75) is 20.8 Å². The molecule has 88 valence electrons. The molecule has 0 saturated carbocycles. The zero-order valence-electron chi connectivity index (χ0n) is 10.1. The highest BCUT2D eigenvalue weighted by Crippen LogP contribution is 2.20. The van der Waals surface area contributed by atoms with Crippen molar-refractivity contribution in [2.24, 2.45) is 5.41 Å². The Hall–Kier alpha value is -1.58. The van der Waals surface area contributed by atoms with Crippen LogP contribution in [0.2, 0.25) is 0 Å². The second-order valence-corrected chi connectivity index (χ2v) is 4.29. The lowest BCUT2D eigenvalue weighted by molar-refractivity contribution is -0.152. The van der Waals surface area contributed by atoms with Crippen molar-refractivity contribution in [3.63, 3.8) is 0 Å². The molecule has 1 aromatic rings. The Morgan fingerprint density at radius 1 is 1.50 bits per heavy atom. The van der Waals surface area contributed by atoms with Crippen LogP contribution in [-0.2, 0) is 9.53 Å². The lowest BCUT2D eigenvalue weighted by Gasteiger charge is -2.21. The molecule has 1 heterocycles. The molecule has 0 radical (unpaired) electrons. The molecule has 0 aromatic carbocycles. The number of ether oxygens (including phenoxy) is 2. The molecule has 0 unspecified atom stereocenters. The van der Waals surface area contributed by atoms with Crippen LogP contribution in [-0.4, -0.2) is 24.7 Å². The molecule has 1 aromatic heterocycles. The van der Waals surface area contributed by atoms with E-state index in [1.165, 1.54) is 7.11 Å². The van der Waals surface area contributed by atoms with Gasteiger partial charge < -0.3 is 9.47 Å². The van der Waals surface area contributed by atoms with Gasteiger partial charge in [0.05, 0.1) is 12.5 Å². The molecule has 0 saturated heterocycles. The minimum absolute atomic E-state index is 0.248. The number of hydrogen-bond acceptors (Lipinski definition) is 4. The van der Waals surface area contributed by atoms with Crippen molar-refractivity contribution in [3.8, 4) is 5.88 Å². The normalized spacial score (nSPS) is 11.0. The summed E-state index contributed by atoms with van der Waals surface area (Å²) >= 11 is 0. The fourth-order valence-corrected chi connectivity index (χ4v) is 1.21. The van der Waals surface area contributed by atoms with Gasteiger partial charge in [0.15, 0.2) is 0 Å². The third-order valence-corrected chi connectivity index (χ3v) is 2.27. The zero-order valence-corrected chi connectivity index (χ0v) is 10.1. The van der Waals surface area contributed by atoms with Gasteiger partial charge in [-0.05, 0) is 26.8 Å². The number of esters is 1. The molecule has 0 spiro atoms. The number of carbonyl (C=O) groups is 1. The summed E-state index contributed by atoms with van der Waals surface area (Å²) in [6.07, 6.45) is 1.66. The van der Waals surface area contributed by atoms with Crippen LogP contribution in [0.25, 0.3) is 0 Å². The van der Waals surface area contributed by atoms with E-state index < -0.39 is 5.41 Å². The quantitative estimate of drug-likeness (QED) is 0.732. The highest BCUT2D eigenvalue weighted by molar-refractivity contribution is 5.75. The Balaban J connectivity index is 2.65. The summed E-state index contributed by atoms with van der Waals surface area (Å²) in [5, 5.41) is 0. The number of aryl methyl sites for hydroxylation is 1. The van der Waals surface area contributed by atoms with E-state index in [0.29, 0.717) is 5.88 Å². The van der Waals surface area contributed by atoms with E-state index in [9.17, 15) is 4.79 Å². The number of nitrogens with zero attached hydrogens (tertiary/aromatic N) is 1. The van der Waals surface area contributed by atoms with Crippen LogP contribution in [0, 0.1) is 12.3 Å². The van der Waals surface area contributed by atoms with Gasteiger partial charge in [-0.3, -0.25) is 4.79 Å². The van der Waals surface area contributed by atoms with Crippen LogP contribution >= 0.6 is 0 Å². The van der Waals surface area contributed by atoms with Crippen molar-refractivity contribution in [3.05, 3.63) is 23.9 Å². The summed E-state index contributed by atoms with van der Waals surface area (Å²) in [6, 6.07) is 3.75. The number of methoxy groups -OCH3 is 1. The van der Waals surface area contributed by atoms with Gasteiger partial charge in [-0.25, -0.2) is 4.98 Å². The topological polar surface area (TPSA) is 48.4 Å². The highest BCUT2D eigenvalue weighted by atomic mass is 16.5. The molecule has 0 aliphatic carbocycles. The Morgan fingerprint density at radius 3 is 2.75 bits per heavy atom. The molecule has 4 nitrogen and oxygen atoms in total. The van der Waals surface area contributed by atoms with E-state index in [1.807, 2.05) is 19.1 Å². The van der Waals surface area contributed by atoms with Crippen LogP contribution in [0.1, 0.15) is 19.4 Å². The molecule has 0 atom stereocenters. The Bertz CT molecular complexity index is 374. The number of aromatic nitrogens is 1. The zero-order chi connectivity index (χ0) is 12.2. The summed E-state index contributed by atoms with van der Waals surface area (Å²) in [6.45, 7) is 5.71. The maximum Gasteiger partial charge on any atom is 0.314 e. The molecule has 4 heteroatoms. The molecule has 0 aliphatic heterocycles. The Morgan fingerprint density at radius 2 is 2.19 bits per heavy atom. The minimum atomic E-state index is -0.668. The van der Waals surface area contributed by atoms with Gasteiger partial charge in [0, 0.05) is 11.8 Å². The molecule has 0 aliphatic rings. The van der Waals surface area contributed by atoms with Gasteiger partial charge >= 0.3 is 5.97 Å². The largest absolute Gasteiger partial charge is 0.476 e. The van der Waals surface area contributed by atoms with Gasteiger partial charge in [0.2, 0.25) is 5.88 Å². The number of pyridine rings is 1. The monoisotopic (exact) mass is 223 g/mol. The van der Waals surface area contributed by atoms with Crippen LogP contribution in [0.4, 0.5) is 0 Å². The van der Waals surface area contributed by atoms with Gasteiger partial charge in [-0.15, -0.1) is 0 Å². The summed E-state index contributed by atoms with van der Waals surface area (Å²) < 4.78 is 10.2. The first-order chi connectivity index (χ1) is 7.47. The average Bonchev–Trinajstić information content (AvgIpc) is 2.27. The summed E-state index contributed by atoms with van der Waals surface area (Å²) in [4.78, 5) is 15.5.